The first-order valence-corrected chi connectivity index (χ1v) is 8.49. The Balaban J connectivity index is 1.66. The molecule has 0 saturated carbocycles. The third-order valence-corrected chi connectivity index (χ3v) is 4.60. The van der Waals surface area contributed by atoms with Crippen LogP contribution in [-0.4, -0.2) is 35.2 Å². The molecule has 0 amide bonds. The fraction of sp³-hybridized carbons (Fsp3) is 0.300. The predicted octanol–water partition coefficient (Wildman–Crippen LogP) is 2.99. The average molecular weight is 355 g/mol. The maximum absolute atomic E-state index is 11.4. The van der Waals surface area contributed by atoms with Gasteiger partial charge in [-0.1, -0.05) is 42.5 Å². The van der Waals surface area contributed by atoms with E-state index in [2.05, 4.69) is 0 Å². The number of benzene rings is 2. The van der Waals surface area contributed by atoms with Crippen LogP contribution in [0.4, 0.5) is 0 Å². The molecule has 3 rings (SSSR count). The van der Waals surface area contributed by atoms with Gasteiger partial charge in [0.05, 0.1) is 0 Å². The number of carbonyl (C=O) groups excluding carboxylic acids is 1. The minimum Gasteiger partial charge on any atom is -0.489 e. The van der Waals surface area contributed by atoms with E-state index in [1.807, 2.05) is 54.6 Å². The number of aliphatic carboxylic acids is 1. The van der Waals surface area contributed by atoms with Crippen molar-refractivity contribution in [1.82, 2.24) is 4.90 Å². The second-order valence-electron chi connectivity index (χ2n) is 6.20. The van der Waals surface area contributed by atoms with Crippen LogP contribution in [0.1, 0.15) is 30.0 Å². The molecule has 1 heterocycles. The lowest BCUT2D eigenvalue weighted by molar-refractivity contribution is -0.148. The lowest BCUT2D eigenvalue weighted by Gasteiger charge is -2.27. The number of likely N-dealkylation sites (tertiary alicyclic amines) is 1. The van der Waals surface area contributed by atoms with E-state index in [1.165, 1.54) is 0 Å². The van der Waals surface area contributed by atoms with E-state index in [1.54, 1.807) is 4.90 Å². The van der Waals surface area contributed by atoms with Gasteiger partial charge in [-0.3, -0.25) is 14.5 Å². The summed E-state index contributed by atoms with van der Waals surface area (Å²) in [7, 11) is 0. The van der Waals surface area contributed by atoms with Gasteiger partial charge in [-0.05, 0) is 36.1 Å². The second-order valence-corrected chi connectivity index (χ2v) is 6.20. The van der Waals surface area contributed by atoms with Crippen LogP contribution in [0.25, 0.3) is 0 Å². The van der Waals surface area contributed by atoms with E-state index in [0.29, 0.717) is 25.9 Å². The largest absolute Gasteiger partial charge is 0.489 e. The maximum Gasteiger partial charge on any atom is 0.321 e. The van der Waals surface area contributed by atoms with Gasteiger partial charge in [-0.25, -0.2) is 0 Å². The zero-order valence-corrected chi connectivity index (χ0v) is 14.3. The summed E-state index contributed by atoms with van der Waals surface area (Å²) in [6.07, 6.45) is 1.22. The number of carboxylic acids is 1. The highest BCUT2D eigenvalue weighted by Gasteiger charge is 2.38. The smallest absolute Gasteiger partial charge is 0.321 e. The number of rotatable bonds is 8. The molecule has 26 heavy (non-hydrogen) atoms. The van der Waals surface area contributed by atoms with Gasteiger partial charge in [0.2, 0.25) is 0 Å². The Bertz CT molecular complexity index is 732. The Hall–Kier alpha value is -2.86. The highest BCUT2D eigenvalue weighted by Crippen LogP contribution is 2.36. The molecule has 0 aromatic heterocycles. The maximum atomic E-state index is 11.4. The minimum atomic E-state index is -0.898. The lowest BCUT2D eigenvalue weighted by Crippen LogP contribution is -2.38. The topological polar surface area (TPSA) is 76.1 Å². The molecule has 1 N–H and O–H groups in total. The van der Waals surface area contributed by atoms with Crippen LogP contribution in [-0.2, 0) is 20.9 Å². The standard InChI is InChI=1S/C20H21NO5/c22-14-25-13-21-18(10-11-19(21)20(23)24)16-6-8-17(9-7-16)26-12-15-4-2-1-3-5-15/h1-9,14,18-19H,10-13H2,(H,23,24)/t18-,19-/m0/s1. The van der Waals surface area contributed by atoms with Crippen molar-refractivity contribution in [3.05, 3.63) is 65.7 Å². The van der Waals surface area contributed by atoms with Crippen LogP contribution in [0.15, 0.2) is 54.6 Å². The first-order valence-electron chi connectivity index (χ1n) is 8.49. The minimum absolute atomic E-state index is 0.0304. The lowest BCUT2D eigenvalue weighted by atomic mass is 10.0. The summed E-state index contributed by atoms with van der Waals surface area (Å²) in [6, 6.07) is 16.8. The molecule has 6 heteroatoms. The highest BCUT2D eigenvalue weighted by molar-refractivity contribution is 5.74. The predicted molar refractivity (Wildman–Crippen MR) is 94.5 cm³/mol. The van der Waals surface area contributed by atoms with Gasteiger partial charge in [0.15, 0.2) is 0 Å². The number of hydrogen-bond donors (Lipinski definition) is 1. The van der Waals surface area contributed by atoms with Crippen LogP contribution in [0, 0.1) is 0 Å². The Morgan fingerprint density at radius 2 is 1.85 bits per heavy atom. The zero-order chi connectivity index (χ0) is 18.4. The van der Waals surface area contributed by atoms with Crippen LogP contribution < -0.4 is 4.74 Å². The molecule has 1 saturated heterocycles. The molecule has 136 valence electrons. The van der Waals surface area contributed by atoms with E-state index >= 15 is 0 Å². The molecule has 1 fully saturated rings. The van der Waals surface area contributed by atoms with Gasteiger partial charge in [-0.15, -0.1) is 0 Å². The third kappa shape index (κ3) is 4.21. The van der Waals surface area contributed by atoms with E-state index in [4.69, 9.17) is 9.47 Å². The Morgan fingerprint density at radius 1 is 1.12 bits per heavy atom. The first kappa shape index (κ1) is 17.9. The van der Waals surface area contributed by atoms with Gasteiger partial charge in [0.1, 0.15) is 25.1 Å². The van der Waals surface area contributed by atoms with Crippen molar-refractivity contribution < 1.29 is 24.2 Å². The summed E-state index contributed by atoms with van der Waals surface area (Å²) in [5.74, 6) is -0.147. The molecule has 0 bridgehead atoms. The molecule has 1 aliphatic rings. The summed E-state index contributed by atoms with van der Waals surface area (Å²) in [4.78, 5) is 23.6. The van der Waals surface area contributed by atoms with Crippen molar-refractivity contribution in [3.8, 4) is 5.75 Å². The zero-order valence-electron chi connectivity index (χ0n) is 14.3. The Kier molecular flexibility index (Phi) is 5.86. The summed E-state index contributed by atoms with van der Waals surface area (Å²) in [6.45, 7) is 0.802. The summed E-state index contributed by atoms with van der Waals surface area (Å²) in [5, 5.41) is 9.36. The van der Waals surface area contributed by atoms with Crippen LogP contribution in [0.2, 0.25) is 0 Å². The molecular formula is C20H21NO5. The number of carbonyl (C=O) groups is 2. The van der Waals surface area contributed by atoms with Crippen LogP contribution in [0.3, 0.4) is 0 Å². The Morgan fingerprint density at radius 3 is 2.50 bits per heavy atom. The normalized spacial score (nSPS) is 19.8. The van der Waals surface area contributed by atoms with Crippen molar-refractivity contribution in [3.63, 3.8) is 0 Å². The summed E-state index contributed by atoms with van der Waals surface area (Å²) >= 11 is 0. The van der Waals surface area contributed by atoms with E-state index < -0.39 is 12.0 Å². The monoisotopic (exact) mass is 355 g/mol. The van der Waals surface area contributed by atoms with E-state index in [9.17, 15) is 14.7 Å². The number of hydrogen-bond acceptors (Lipinski definition) is 5. The fourth-order valence-corrected chi connectivity index (χ4v) is 3.31. The van der Waals surface area contributed by atoms with Crippen molar-refractivity contribution in [1.29, 1.82) is 0 Å². The average Bonchev–Trinajstić information content (AvgIpc) is 3.10. The van der Waals surface area contributed by atoms with Crippen LogP contribution in [0.5, 0.6) is 5.75 Å². The molecular weight excluding hydrogens is 334 g/mol. The summed E-state index contributed by atoms with van der Waals surface area (Å²) in [5.41, 5.74) is 2.07. The van der Waals surface area contributed by atoms with E-state index in [0.717, 1.165) is 16.9 Å². The van der Waals surface area contributed by atoms with Crippen molar-refractivity contribution in [2.24, 2.45) is 0 Å². The number of carboxylic acid groups (broad SMARTS) is 1. The fourth-order valence-electron chi connectivity index (χ4n) is 3.31. The Labute approximate surface area is 152 Å². The van der Waals surface area contributed by atoms with Gasteiger partial charge < -0.3 is 14.6 Å². The molecule has 2 aromatic carbocycles. The molecule has 6 nitrogen and oxygen atoms in total. The van der Waals surface area contributed by atoms with E-state index in [-0.39, 0.29) is 12.8 Å². The molecule has 2 atom stereocenters. The molecule has 1 aliphatic heterocycles. The molecule has 0 unspecified atom stereocenters. The van der Waals surface area contributed by atoms with Gasteiger partial charge >= 0.3 is 5.97 Å². The SMILES string of the molecule is O=COCN1[C@H](C(=O)O)CC[C@H]1c1ccc(OCc2ccccc2)cc1. The third-order valence-electron chi connectivity index (χ3n) is 4.60. The van der Waals surface area contributed by atoms with Crippen molar-refractivity contribution in [2.75, 3.05) is 6.73 Å². The van der Waals surface area contributed by atoms with Crippen molar-refractivity contribution in [2.45, 2.75) is 31.5 Å². The molecule has 2 aromatic rings. The van der Waals surface area contributed by atoms with Gasteiger partial charge in [0, 0.05) is 6.04 Å². The number of nitrogens with zero attached hydrogens (tertiary/aromatic N) is 1. The second kappa shape index (κ2) is 8.49. The summed E-state index contributed by atoms with van der Waals surface area (Å²) < 4.78 is 10.6. The molecule has 0 radical (unpaired) electrons. The first-order chi connectivity index (χ1) is 12.7. The quantitative estimate of drug-likeness (QED) is 0.734. The van der Waals surface area contributed by atoms with Gasteiger partial charge in [-0.2, -0.15) is 0 Å². The molecule has 0 spiro atoms. The van der Waals surface area contributed by atoms with Crippen molar-refractivity contribution >= 4 is 12.4 Å². The van der Waals surface area contributed by atoms with Crippen LogP contribution >= 0.6 is 0 Å². The molecule has 0 aliphatic carbocycles. The number of ether oxygens (including phenoxy) is 2. The van der Waals surface area contributed by atoms with Gasteiger partial charge in [0.25, 0.3) is 6.47 Å². The highest BCUT2D eigenvalue weighted by atomic mass is 16.5.